The molecular formula is C20H24ClFN6O2. The molecule has 2 atom stereocenters. The Balaban J connectivity index is 1.49. The molecule has 1 amide bonds. The van der Waals surface area contributed by atoms with Gasteiger partial charge >= 0.3 is 6.09 Å². The van der Waals surface area contributed by atoms with Gasteiger partial charge in [0.2, 0.25) is 0 Å². The quantitative estimate of drug-likeness (QED) is 0.656. The van der Waals surface area contributed by atoms with Gasteiger partial charge in [0.1, 0.15) is 6.17 Å². The highest BCUT2D eigenvalue weighted by molar-refractivity contribution is 6.31. The summed E-state index contributed by atoms with van der Waals surface area (Å²) in [6.07, 6.45) is 8.79. The van der Waals surface area contributed by atoms with Gasteiger partial charge in [0.05, 0.1) is 23.9 Å². The van der Waals surface area contributed by atoms with Crippen molar-refractivity contribution in [3.05, 3.63) is 46.9 Å². The third-order valence-corrected chi connectivity index (χ3v) is 5.54. The van der Waals surface area contributed by atoms with E-state index in [2.05, 4.69) is 25.9 Å². The van der Waals surface area contributed by atoms with E-state index in [1.54, 1.807) is 24.2 Å². The molecule has 0 aliphatic carbocycles. The highest BCUT2D eigenvalue weighted by Gasteiger charge is 2.29. The number of ether oxygens (including phenoxy) is 1. The number of fused-ring (bicyclic) bond motifs is 1. The zero-order chi connectivity index (χ0) is 21.1. The standard InChI is InChI=1S/C20H24ClFN6O2/c1-2-30-20(29)28-6-4-3-5-13(28)9-24-19-16(22)11-26-18(27-19)15-10-25-17-14(15)7-12(21)8-23-17/h7-8,10-11,13,17,23,25H,2-6,9H2,1H3,(H,24,26,27)/t13-,17?/m1/s1. The van der Waals surface area contributed by atoms with E-state index in [4.69, 9.17) is 16.3 Å². The van der Waals surface area contributed by atoms with Crippen molar-refractivity contribution in [2.45, 2.75) is 38.4 Å². The van der Waals surface area contributed by atoms with Gasteiger partial charge in [-0.15, -0.1) is 0 Å². The normalized spacial score (nSPS) is 22.8. The van der Waals surface area contributed by atoms with Crippen LogP contribution in [0, 0.1) is 5.82 Å². The Bertz CT molecular complexity index is 919. The first-order valence-corrected chi connectivity index (χ1v) is 10.4. The van der Waals surface area contributed by atoms with E-state index in [0.29, 0.717) is 30.6 Å². The maximum Gasteiger partial charge on any atom is 0.410 e. The molecule has 0 spiro atoms. The highest BCUT2D eigenvalue weighted by atomic mass is 35.5. The van der Waals surface area contributed by atoms with Crippen molar-refractivity contribution in [3.8, 4) is 0 Å². The van der Waals surface area contributed by atoms with Gasteiger partial charge in [-0.05, 0) is 32.3 Å². The van der Waals surface area contributed by atoms with Crippen LogP contribution in [0.15, 0.2) is 35.3 Å². The van der Waals surface area contributed by atoms with Crippen molar-refractivity contribution in [1.29, 1.82) is 0 Å². The van der Waals surface area contributed by atoms with Gasteiger partial charge < -0.3 is 25.6 Å². The first kappa shape index (κ1) is 20.5. The Hall–Kier alpha value is -2.81. The molecule has 10 heteroatoms. The minimum atomic E-state index is -0.547. The lowest BCUT2D eigenvalue weighted by Crippen LogP contribution is -2.47. The van der Waals surface area contributed by atoms with Crippen LogP contribution in [-0.2, 0) is 4.74 Å². The molecule has 3 aliphatic rings. The summed E-state index contributed by atoms with van der Waals surface area (Å²) in [5.74, 6) is -0.0574. The van der Waals surface area contributed by atoms with Crippen LogP contribution in [-0.4, -0.2) is 52.9 Å². The topological polar surface area (TPSA) is 91.4 Å². The second kappa shape index (κ2) is 8.91. The van der Waals surface area contributed by atoms with Crippen molar-refractivity contribution in [2.24, 2.45) is 0 Å². The first-order valence-electron chi connectivity index (χ1n) is 10.1. The van der Waals surface area contributed by atoms with Crippen molar-refractivity contribution in [1.82, 2.24) is 25.5 Å². The number of hydrogen-bond donors (Lipinski definition) is 3. The van der Waals surface area contributed by atoms with E-state index >= 15 is 0 Å². The van der Waals surface area contributed by atoms with Crippen LogP contribution < -0.4 is 16.0 Å². The lowest BCUT2D eigenvalue weighted by Gasteiger charge is -2.35. The van der Waals surface area contributed by atoms with E-state index in [1.165, 1.54) is 0 Å². The molecule has 3 N–H and O–H groups in total. The molecule has 160 valence electrons. The lowest BCUT2D eigenvalue weighted by atomic mass is 10.0. The number of likely N-dealkylation sites (tertiary alicyclic amines) is 1. The number of dihydropyridines is 1. The Morgan fingerprint density at radius 3 is 3.07 bits per heavy atom. The van der Waals surface area contributed by atoms with Crippen molar-refractivity contribution in [2.75, 3.05) is 25.0 Å². The second-order valence-electron chi connectivity index (χ2n) is 7.27. The van der Waals surface area contributed by atoms with Crippen molar-refractivity contribution in [3.63, 3.8) is 0 Å². The number of carbonyl (C=O) groups is 1. The average molecular weight is 435 g/mol. The molecule has 3 aliphatic heterocycles. The fourth-order valence-electron chi connectivity index (χ4n) is 3.84. The maximum absolute atomic E-state index is 14.4. The van der Waals surface area contributed by atoms with Crippen LogP contribution in [0.25, 0.3) is 5.57 Å². The highest BCUT2D eigenvalue weighted by Crippen LogP contribution is 2.31. The van der Waals surface area contributed by atoms with Crippen LogP contribution in [0.3, 0.4) is 0 Å². The molecule has 1 aromatic rings. The molecule has 4 heterocycles. The average Bonchev–Trinajstić information content (AvgIpc) is 3.16. The molecule has 1 saturated heterocycles. The van der Waals surface area contributed by atoms with Crippen LogP contribution in [0.4, 0.5) is 15.0 Å². The van der Waals surface area contributed by atoms with Gasteiger partial charge in [-0.1, -0.05) is 11.6 Å². The summed E-state index contributed by atoms with van der Waals surface area (Å²) in [6, 6.07) is -0.0819. The summed E-state index contributed by atoms with van der Waals surface area (Å²) in [6.45, 7) is 3.13. The fraction of sp³-hybridized carbons (Fsp3) is 0.450. The van der Waals surface area contributed by atoms with Gasteiger partial charge in [-0.25, -0.2) is 19.2 Å². The lowest BCUT2D eigenvalue weighted by molar-refractivity contribution is 0.0797. The van der Waals surface area contributed by atoms with Gasteiger partial charge in [0.15, 0.2) is 17.5 Å². The molecule has 1 aromatic heterocycles. The number of hydrogen-bond acceptors (Lipinski definition) is 7. The van der Waals surface area contributed by atoms with E-state index in [1.807, 2.05) is 6.08 Å². The van der Waals surface area contributed by atoms with Gasteiger partial charge in [-0.2, -0.15) is 0 Å². The predicted octanol–water partition coefficient (Wildman–Crippen LogP) is 2.92. The van der Waals surface area contributed by atoms with E-state index in [9.17, 15) is 9.18 Å². The molecule has 30 heavy (non-hydrogen) atoms. The maximum atomic E-state index is 14.4. The second-order valence-corrected chi connectivity index (χ2v) is 7.70. The number of piperidine rings is 1. The molecule has 4 rings (SSSR count). The number of aromatic nitrogens is 2. The van der Waals surface area contributed by atoms with E-state index < -0.39 is 5.82 Å². The smallest absolute Gasteiger partial charge is 0.410 e. The molecule has 0 radical (unpaired) electrons. The van der Waals surface area contributed by atoms with E-state index in [-0.39, 0.29) is 24.1 Å². The SMILES string of the molecule is CCOC(=O)N1CCCC[C@@H]1CNc1nc(C2=CNC3NC=C(Cl)C=C23)ncc1F. The number of allylic oxidation sites excluding steroid dienone is 2. The van der Waals surface area contributed by atoms with Crippen LogP contribution in [0.2, 0.25) is 0 Å². The zero-order valence-corrected chi connectivity index (χ0v) is 17.4. The number of rotatable bonds is 5. The van der Waals surface area contributed by atoms with Crippen molar-refractivity contribution < 1.29 is 13.9 Å². The fourth-order valence-corrected chi connectivity index (χ4v) is 4.02. The molecule has 8 nitrogen and oxygen atoms in total. The molecule has 0 saturated carbocycles. The summed E-state index contributed by atoms with van der Waals surface area (Å²) in [7, 11) is 0. The minimum Gasteiger partial charge on any atom is -0.450 e. The summed E-state index contributed by atoms with van der Waals surface area (Å²) >= 11 is 6.10. The van der Waals surface area contributed by atoms with Crippen LogP contribution in [0.5, 0.6) is 0 Å². The molecule has 0 aromatic carbocycles. The van der Waals surface area contributed by atoms with Crippen LogP contribution >= 0.6 is 11.6 Å². The Morgan fingerprint density at radius 1 is 1.40 bits per heavy atom. The van der Waals surface area contributed by atoms with E-state index in [0.717, 1.165) is 36.6 Å². The Morgan fingerprint density at radius 2 is 2.23 bits per heavy atom. The largest absolute Gasteiger partial charge is 0.450 e. The Kier molecular flexibility index (Phi) is 6.08. The third kappa shape index (κ3) is 4.21. The molecule has 0 bridgehead atoms. The summed E-state index contributed by atoms with van der Waals surface area (Å²) in [5.41, 5.74) is 1.63. The number of nitrogens with zero attached hydrogens (tertiary/aromatic N) is 3. The van der Waals surface area contributed by atoms with Gasteiger partial charge in [0.25, 0.3) is 0 Å². The summed E-state index contributed by atoms with van der Waals surface area (Å²) in [4.78, 5) is 22.5. The molecule has 1 fully saturated rings. The third-order valence-electron chi connectivity index (χ3n) is 5.32. The number of amides is 1. The number of halogens is 2. The minimum absolute atomic E-state index is 0.0819. The van der Waals surface area contributed by atoms with Gasteiger partial charge in [0, 0.05) is 36.6 Å². The van der Waals surface area contributed by atoms with Crippen LogP contribution in [0.1, 0.15) is 32.0 Å². The Labute approximate surface area is 179 Å². The zero-order valence-electron chi connectivity index (χ0n) is 16.6. The number of carbonyl (C=O) groups excluding carboxylic acids is 1. The summed E-state index contributed by atoms with van der Waals surface area (Å²) in [5, 5.41) is 9.93. The monoisotopic (exact) mass is 434 g/mol. The predicted molar refractivity (Wildman–Crippen MR) is 112 cm³/mol. The first-order chi connectivity index (χ1) is 14.6. The van der Waals surface area contributed by atoms with Crippen molar-refractivity contribution >= 4 is 29.1 Å². The van der Waals surface area contributed by atoms with Gasteiger partial charge in [-0.3, -0.25) is 0 Å². The molecule has 1 unspecified atom stereocenters. The number of nitrogens with one attached hydrogen (secondary N) is 3. The number of anilines is 1. The molecular weight excluding hydrogens is 411 g/mol. The summed E-state index contributed by atoms with van der Waals surface area (Å²) < 4.78 is 19.5.